The summed E-state index contributed by atoms with van der Waals surface area (Å²) in [4.78, 5) is 21.6. The Morgan fingerprint density at radius 3 is 1.17 bits per heavy atom. The van der Waals surface area contributed by atoms with Crippen LogP contribution in [0.3, 0.4) is 0 Å². The van der Waals surface area contributed by atoms with Crippen molar-refractivity contribution in [3.05, 3.63) is 95.1 Å². The summed E-state index contributed by atoms with van der Waals surface area (Å²) in [6.45, 7) is 3.92. The van der Waals surface area contributed by atoms with E-state index in [4.69, 9.17) is 0 Å². The van der Waals surface area contributed by atoms with Crippen LogP contribution >= 0.6 is 0 Å². The van der Waals surface area contributed by atoms with E-state index in [9.17, 15) is 19.8 Å². The van der Waals surface area contributed by atoms with Gasteiger partial charge in [-0.2, -0.15) is 0 Å². The Morgan fingerprint density at radius 1 is 0.552 bits per heavy atom. The standard InChI is InChI=1S/2C12H10O2.Hg/c2*1-8-6-7-11(12(13)14)10-5-3-2-4-9(8)10;/h2*2-7H,1H3,(H,13,14);/q;;+2/p-2. The van der Waals surface area contributed by atoms with Gasteiger partial charge >= 0.3 is 27.7 Å². The number of carbonyl (C=O) groups excluding carboxylic acids is 2. The van der Waals surface area contributed by atoms with Crippen LogP contribution in [0.4, 0.5) is 0 Å². The Bertz CT molecular complexity index is 1100. The molecule has 140 valence electrons. The zero-order valence-corrected chi connectivity index (χ0v) is 21.8. The van der Waals surface area contributed by atoms with Crippen LogP contribution in [0.1, 0.15) is 31.8 Å². The number of fused-ring (bicyclic) bond motifs is 2. The molecule has 0 saturated heterocycles. The first-order valence-electron chi connectivity index (χ1n) is 8.79. The molecular formula is C24H18HgO4. The zero-order chi connectivity index (χ0) is 20.3. The molecular weight excluding hydrogens is 553 g/mol. The smallest absolute Gasteiger partial charge is 0.545 e. The maximum absolute atomic E-state index is 10.8. The van der Waals surface area contributed by atoms with Crippen molar-refractivity contribution in [1.29, 1.82) is 0 Å². The molecule has 0 radical (unpaired) electrons. The minimum Gasteiger partial charge on any atom is -0.545 e. The maximum Gasteiger partial charge on any atom is 2.00 e. The summed E-state index contributed by atoms with van der Waals surface area (Å²) in [6.07, 6.45) is 0. The van der Waals surface area contributed by atoms with Crippen molar-refractivity contribution in [2.75, 3.05) is 0 Å². The monoisotopic (exact) mass is 572 g/mol. The summed E-state index contributed by atoms with van der Waals surface area (Å²) in [5.74, 6) is -2.25. The van der Waals surface area contributed by atoms with E-state index in [-0.39, 0.29) is 38.8 Å². The quantitative estimate of drug-likeness (QED) is 0.347. The van der Waals surface area contributed by atoms with Crippen LogP contribution < -0.4 is 10.2 Å². The van der Waals surface area contributed by atoms with Gasteiger partial charge in [-0.1, -0.05) is 72.8 Å². The number of benzene rings is 4. The van der Waals surface area contributed by atoms with Crippen molar-refractivity contribution in [3.63, 3.8) is 0 Å². The molecule has 0 bridgehead atoms. The molecule has 4 aromatic carbocycles. The van der Waals surface area contributed by atoms with E-state index in [0.717, 1.165) is 32.7 Å². The van der Waals surface area contributed by atoms with Crippen LogP contribution in [0, 0.1) is 13.8 Å². The largest absolute Gasteiger partial charge is 2.00 e. The van der Waals surface area contributed by atoms with E-state index in [1.165, 1.54) is 0 Å². The second-order valence-electron chi connectivity index (χ2n) is 6.53. The first kappa shape index (κ1) is 22.6. The Balaban J connectivity index is 0.000000200. The van der Waals surface area contributed by atoms with Crippen molar-refractivity contribution < 1.29 is 47.5 Å². The van der Waals surface area contributed by atoms with Crippen LogP contribution in [0.25, 0.3) is 21.5 Å². The predicted molar refractivity (Wildman–Crippen MR) is 106 cm³/mol. The first-order valence-corrected chi connectivity index (χ1v) is 8.79. The molecule has 0 spiro atoms. The van der Waals surface area contributed by atoms with E-state index in [0.29, 0.717) is 0 Å². The van der Waals surface area contributed by atoms with E-state index < -0.39 is 11.9 Å². The van der Waals surface area contributed by atoms with Gasteiger partial charge < -0.3 is 19.8 Å². The van der Waals surface area contributed by atoms with Crippen molar-refractivity contribution in [1.82, 2.24) is 0 Å². The van der Waals surface area contributed by atoms with Crippen LogP contribution in [-0.2, 0) is 27.7 Å². The van der Waals surface area contributed by atoms with E-state index in [2.05, 4.69) is 0 Å². The summed E-state index contributed by atoms with van der Waals surface area (Å²) >= 11 is 0. The van der Waals surface area contributed by atoms with Gasteiger partial charge in [0.05, 0.1) is 11.9 Å². The van der Waals surface area contributed by atoms with Gasteiger partial charge in [0.2, 0.25) is 0 Å². The summed E-state index contributed by atoms with van der Waals surface area (Å²) in [7, 11) is 0. The SMILES string of the molecule is Cc1ccc(C(=O)[O-])c2ccccc12.Cc1ccc(C(=O)[O-])c2ccccc12.[Hg+2]. The van der Waals surface area contributed by atoms with Crippen molar-refractivity contribution in [2.45, 2.75) is 13.8 Å². The van der Waals surface area contributed by atoms with Gasteiger partial charge in [0.1, 0.15) is 0 Å². The van der Waals surface area contributed by atoms with Crippen molar-refractivity contribution in [3.8, 4) is 0 Å². The minimum atomic E-state index is -1.12. The average Bonchev–Trinajstić information content (AvgIpc) is 2.69. The molecule has 0 unspecified atom stereocenters. The molecule has 0 aliphatic carbocycles. The van der Waals surface area contributed by atoms with Gasteiger partial charge in [-0.05, 0) is 46.5 Å². The molecule has 0 saturated carbocycles. The zero-order valence-electron chi connectivity index (χ0n) is 16.3. The molecule has 0 aliphatic heterocycles. The maximum atomic E-state index is 10.8. The predicted octanol–water partition coefficient (Wildman–Crippen LogP) is 3.02. The number of carboxylic acids is 2. The van der Waals surface area contributed by atoms with Gasteiger partial charge in [-0.3, -0.25) is 0 Å². The number of carbonyl (C=O) groups is 2. The Kier molecular flexibility index (Phi) is 7.51. The van der Waals surface area contributed by atoms with Crippen molar-refractivity contribution >= 4 is 33.5 Å². The summed E-state index contributed by atoms with van der Waals surface area (Å²) < 4.78 is 0. The third-order valence-corrected chi connectivity index (χ3v) is 4.72. The minimum absolute atomic E-state index is 0. The fraction of sp³-hybridized carbons (Fsp3) is 0.0833. The van der Waals surface area contributed by atoms with Gasteiger partial charge in [0, 0.05) is 11.1 Å². The molecule has 4 nitrogen and oxygen atoms in total. The molecule has 0 aliphatic rings. The number of hydrogen-bond donors (Lipinski definition) is 0. The Morgan fingerprint density at radius 2 is 0.862 bits per heavy atom. The number of aryl methyl sites for hydroxylation is 2. The fourth-order valence-corrected chi connectivity index (χ4v) is 3.26. The van der Waals surface area contributed by atoms with Crippen LogP contribution in [0.15, 0.2) is 72.8 Å². The molecule has 4 rings (SSSR count). The molecule has 0 fully saturated rings. The summed E-state index contributed by atoms with van der Waals surface area (Å²) in [6, 6.07) is 21.7. The number of hydrogen-bond acceptors (Lipinski definition) is 4. The van der Waals surface area contributed by atoms with Crippen LogP contribution in [0.2, 0.25) is 0 Å². The molecule has 0 aromatic heterocycles. The van der Waals surface area contributed by atoms with Crippen LogP contribution in [-0.4, -0.2) is 11.9 Å². The Labute approximate surface area is 189 Å². The van der Waals surface area contributed by atoms with E-state index >= 15 is 0 Å². The number of carboxylic acid groups (broad SMARTS) is 2. The summed E-state index contributed by atoms with van der Waals surface area (Å²) in [5.41, 5.74) is 2.66. The first-order chi connectivity index (χ1) is 13.4. The second kappa shape index (κ2) is 9.66. The molecule has 0 atom stereocenters. The van der Waals surface area contributed by atoms with Gasteiger partial charge in [-0.15, -0.1) is 0 Å². The molecule has 5 heteroatoms. The molecule has 4 aromatic rings. The van der Waals surface area contributed by atoms with Crippen molar-refractivity contribution in [2.24, 2.45) is 0 Å². The molecule has 0 N–H and O–H groups in total. The molecule has 29 heavy (non-hydrogen) atoms. The third-order valence-electron chi connectivity index (χ3n) is 4.72. The van der Waals surface area contributed by atoms with Gasteiger partial charge in [0.25, 0.3) is 0 Å². The van der Waals surface area contributed by atoms with E-state index in [1.807, 2.05) is 50.2 Å². The topological polar surface area (TPSA) is 80.3 Å². The van der Waals surface area contributed by atoms with Gasteiger partial charge in [0.15, 0.2) is 0 Å². The second-order valence-corrected chi connectivity index (χ2v) is 6.53. The van der Waals surface area contributed by atoms with Gasteiger partial charge in [-0.25, -0.2) is 0 Å². The third kappa shape index (κ3) is 4.82. The summed E-state index contributed by atoms with van der Waals surface area (Å²) in [5, 5.41) is 25.1. The molecule has 0 heterocycles. The van der Waals surface area contributed by atoms with E-state index in [1.54, 1.807) is 36.4 Å². The number of rotatable bonds is 2. The molecule has 0 amide bonds. The number of aromatic carboxylic acids is 2. The fourth-order valence-electron chi connectivity index (χ4n) is 3.26. The van der Waals surface area contributed by atoms with Crippen LogP contribution in [0.5, 0.6) is 0 Å². The average molecular weight is 571 g/mol. The Hall–Kier alpha value is -2.72. The normalized spacial score (nSPS) is 10.0.